The number of aromatic nitrogens is 4. The van der Waals surface area contributed by atoms with Crippen molar-refractivity contribution in [2.24, 2.45) is 7.05 Å². The number of fused-ring (bicyclic) bond motifs is 1. The number of rotatable bonds is 3. The molecule has 4 rings (SSSR count). The zero-order chi connectivity index (χ0) is 16.7. The Morgan fingerprint density at radius 2 is 2.00 bits per heavy atom. The van der Waals surface area contributed by atoms with E-state index in [0.717, 1.165) is 35.3 Å². The summed E-state index contributed by atoms with van der Waals surface area (Å²) in [7, 11) is 1.81. The van der Waals surface area contributed by atoms with Gasteiger partial charge in [0.05, 0.1) is 17.2 Å². The molecule has 0 amide bonds. The Balaban J connectivity index is 1.81. The smallest absolute Gasteiger partial charge is 0.325 e. The quantitative estimate of drug-likeness (QED) is 0.803. The van der Waals surface area contributed by atoms with Crippen LogP contribution in [0, 0.1) is 6.92 Å². The Labute approximate surface area is 140 Å². The van der Waals surface area contributed by atoms with Crippen LogP contribution in [0.15, 0.2) is 35.4 Å². The van der Waals surface area contributed by atoms with E-state index < -0.39 is 0 Å². The van der Waals surface area contributed by atoms with E-state index in [1.807, 2.05) is 36.7 Å². The van der Waals surface area contributed by atoms with E-state index in [2.05, 4.69) is 15.3 Å². The molecule has 6 heteroatoms. The highest BCUT2D eigenvalue weighted by Gasteiger charge is 2.23. The summed E-state index contributed by atoms with van der Waals surface area (Å²) in [6, 6.07) is 6.17. The van der Waals surface area contributed by atoms with Gasteiger partial charge in [0, 0.05) is 25.4 Å². The lowest BCUT2D eigenvalue weighted by atomic mass is 10.2. The number of nitrogens with one attached hydrogen (secondary N) is 1. The van der Waals surface area contributed by atoms with Crippen LogP contribution >= 0.6 is 0 Å². The molecule has 1 fully saturated rings. The van der Waals surface area contributed by atoms with Crippen molar-refractivity contribution in [3.63, 3.8) is 0 Å². The summed E-state index contributed by atoms with van der Waals surface area (Å²) in [6.07, 6.45) is 8.05. The van der Waals surface area contributed by atoms with E-state index in [1.54, 1.807) is 17.0 Å². The van der Waals surface area contributed by atoms with Crippen LogP contribution in [0.1, 0.15) is 37.3 Å². The molecule has 1 aliphatic carbocycles. The molecule has 124 valence electrons. The maximum absolute atomic E-state index is 12.7. The predicted octanol–water partition coefficient (Wildman–Crippen LogP) is 3.30. The number of imidazole rings is 1. The number of pyridine rings is 2. The average molecular weight is 323 g/mol. The fourth-order valence-corrected chi connectivity index (χ4v) is 3.58. The molecule has 1 saturated carbocycles. The summed E-state index contributed by atoms with van der Waals surface area (Å²) >= 11 is 0. The van der Waals surface area contributed by atoms with Gasteiger partial charge in [-0.25, -0.2) is 14.8 Å². The van der Waals surface area contributed by atoms with E-state index in [1.165, 1.54) is 12.8 Å². The maximum atomic E-state index is 12.7. The molecule has 3 aromatic rings. The SMILES string of the molecule is Cc1cccnc1Nc1cc2c(cn1)n(C)c(=O)n2C1CCCC1. The first-order chi connectivity index (χ1) is 11.6. The van der Waals surface area contributed by atoms with Crippen LogP contribution in [0.5, 0.6) is 0 Å². The van der Waals surface area contributed by atoms with Gasteiger partial charge in [0.25, 0.3) is 0 Å². The lowest BCUT2D eigenvalue weighted by Crippen LogP contribution is -2.24. The van der Waals surface area contributed by atoms with Crippen molar-refractivity contribution in [1.82, 2.24) is 19.1 Å². The van der Waals surface area contributed by atoms with Crippen molar-refractivity contribution >= 4 is 22.7 Å². The number of hydrogen-bond donors (Lipinski definition) is 1. The van der Waals surface area contributed by atoms with Crippen molar-refractivity contribution in [2.45, 2.75) is 38.6 Å². The molecule has 0 atom stereocenters. The third-order valence-corrected chi connectivity index (χ3v) is 4.92. The summed E-state index contributed by atoms with van der Waals surface area (Å²) in [5, 5.41) is 3.26. The Kier molecular flexibility index (Phi) is 3.59. The highest BCUT2D eigenvalue weighted by Crippen LogP contribution is 2.31. The van der Waals surface area contributed by atoms with Gasteiger partial charge in [0.1, 0.15) is 11.6 Å². The molecule has 0 bridgehead atoms. The van der Waals surface area contributed by atoms with Gasteiger partial charge in [0.2, 0.25) is 0 Å². The zero-order valence-corrected chi connectivity index (χ0v) is 14.0. The first-order valence-corrected chi connectivity index (χ1v) is 8.41. The molecule has 1 aliphatic rings. The molecular weight excluding hydrogens is 302 g/mol. The summed E-state index contributed by atoms with van der Waals surface area (Å²) < 4.78 is 3.64. The van der Waals surface area contributed by atoms with Crippen LogP contribution in [-0.4, -0.2) is 19.1 Å². The van der Waals surface area contributed by atoms with E-state index in [-0.39, 0.29) is 5.69 Å². The second-order valence-corrected chi connectivity index (χ2v) is 6.50. The normalized spacial score (nSPS) is 15.2. The number of aryl methyl sites for hydroxylation is 2. The van der Waals surface area contributed by atoms with E-state index in [0.29, 0.717) is 11.9 Å². The number of anilines is 2. The molecule has 3 heterocycles. The molecule has 0 aliphatic heterocycles. The van der Waals surface area contributed by atoms with Gasteiger partial charge < -0.3 is 5.32 Å². The first-order valence-electron chi connectivity index (χ1n) is 8.41. The van der Waals surface area contributed by atoms with E-state index in [9.17, 15) is 4.79 Å². The van der Waals surface area contributed by atoms with Crippen molar-refractivity contribution in [1.29, 1.82) is 0 Å². The third-order valence-electron chi connectivity index (χ3n) is 4.92. The minimum absolute atomic E-state index is 0.0462. The second kappa shape index (κ2) is 5.78. The lowest BCUT2D eigenvalue weighted by molar-refractivity contribution is 0.509. The Morgan fingerprint density at radius 1 is 1.21 bits per heavy atom. The molecule has 0 spiro atoms. The molecule has 0 unspecified atom stereocenters. The molecule has 24 heavy (non-hydrogen) atoms. The standard InChI is InChI=1S/C18H21N5O/c1-12-6-5-9-19-17(12)21-16-10-14-15(11-20-16)22(2)18(24)23(14)13-7-3-4-8-13/h5-6,9-11,13H,3-4,7-8H2,1-2H3,(H,19,20,21). The van der Waals surface area contributed by atoms with Gasteiger partial charge in [-0.3, -0.25) is 9.13 Å². The van der Waals surface area contributed by atoms with E-state index >= 15 is 0 Å². The van der Waals surface area contributed by atoms with Crippen LogP contribution in [0.25, 0.3) is 11.0 Å². The van der Waals surface area contributed by atoms with Crippen molar-refractivity contribution in [3.8, 4) is 0 Å². The highest BCUT2D eigenvalue weighted by atomic mass is 16.1. The first kappa shape index (κ1) is 14.9. The van der Waals surface area contributed by atoms with Gasteiger partial charge >= 0.3 is 5.69 Å². The van der Waals surface area contributed by atoms with Crippen LogP contribution in [-0.2, 0) is 7.05 Å². The van der Waals surface area contributed by atoms with Crippen LogP contribution in [0.4, 0.5) is 11.6 Å². The summed E-state index contributed by atoms with van der Waals surface area (Å²) in [5.74, 6) is 1.50. The largest absolute Gasteiger partial charge is 0.329 e. The lowest BCUT2D eigenvalue weighted by Gasteiger charge is -2.12. The molecule has 0 aromatic carbocycles. The minimum Gasteiger partial charge on any atom is -0.325 e. The van der Waals surface area contributed by atoms with Gasteiger partial charge in [-0.1, -0.05) is 18.9 Å². The monoisotopic (exact) mass is 323 g/mol. The topological polar surface area (TPSA) is 64.7 Å². The molecule has 0 saturated heterocycles. The minimum atomic E-state index is 0.0462. The number of hydrogen-bond acceptors (Lipinski definition) is 4. The second-order valence-electron chi connectivity index (χ2n) is 6.50. The van der Waals surface area contributed by atoms with E-state index in [4.69, 9.17) is 0 Å². The number of nitrogens with zero attached hydrogens (tertiary/aromatic N) is 4. The summed E-state index contributed by atoms with van der Waals surface area (Å²) in [4.78, 5) is 21.5. The molecule has 1 N–H and O–H groups in total. The van der Waals surface area contributed by atoms with Crippen molar-refractivity contribution in [2.75, 3.05) is 5.32 Å². The average Bonchev–Trinajstić information content (AvgIpc) is 3.18. The fourth-order valence-electron chi connectivity index (χ4n) is 3.58. The van der Waals surface area contributed by atoms with Crippen molar-refractivity contribution < 1.29 is 0 Å². The van der Waals surface area contributed by atoms with Crippen LogP contribution in [0.2, 0.25) is 0 Å². The highest BCUT2D eigenvalue weighted by molar-refractivity contribution is 5.79. The van der Waals surface area contributed by atoms with Gasteiger partial charge in [-0.15, -0.1) is 0 Å². The van der Waals surface area contributed by atoms with Crippen LogP contribution in [0.3, 0.4) is 0 Å². The third kappa shape index (κ3) is 2.38. The van der Waals surface area contributed by atoms with Crippen LogP contribution < -0.4 is 11.0 Å². The predicted molar refractivity (Wildman–Crippen MR) is 94.7 cm³/mol. The Bertz CT molecular complexity index is 950. The molecule has 6 nitrogen and oxygen atoms in total. The Morgan fingerprint density at radius 3 is 2.75 bits per heavy atom. The fraction of sp³-hybridized carbons (Fsp3) is 0.389. The molecular formula is C18H21N5O. The summed E-state index contributed by atoms with van der Waals surface area (Å²) in [6.45, 7) is 2.00. The van der Waals surface area contributed by atoms with Gasteiger partial charge in [-0.05, 0) is 31.4 Å². The summed E-state index contributed by atoms with van der Waals surface area (Å²) in [5.41, 5.74) is 2.92. The van der Waals surface area contributed by atoms with Gasteiger partial charge in [-0.2, -0.15) is 0 Å². The Hall–Kier alpha value is -2.63. The van der Waals surface area contributed by atoms with Crippen molar-refractivity contribution in [3.05, 3.63) is 46.6 Å². The van der Waals surface area contributed by atoms with Gasteiger partial charge in [0.15, 0.2) is 0 Å². The molecule has 0 radical (unpaired) electrons. The maximum Gasteiger partial charge on any atom is 0.329 e. The zero-order valence-electron chi connectivity index (χ0n) is 14.0. The molecule has 3 aromatic heterocycles.